The van der Waals surface area contributed by atoms with Crippen molar-refractivity contribution in [3.8, 4) is 17.1 Å². The Hall–Kier alpha value is -3.12. The lowest BCUT2D eigenvalue weighted by Crippen LogP contribution is -2.38. The van der Waals surface area contributed by atoms with E-state index in [1.165, 1.54) is 11.3 Å². The molecule has 4 heterocycles. The molecule has 0 unspecified atom stereocenters. The Morgan fingerprint density at radius 3 is 2.69 bits per heavy atom. The van der Waals surface area contributed by atoms with Gasteiger partial charge in [-0.2, -0.15) is 0 Å². The summed E-state index contributed by atoms with van der Waals surface area (Å²) in [7, 11) is 0. The van der Waals surface area contributed by atoms with Crippen LogP contribution in [0.25, 0.3) is 17.1 Å². The summed E-state index contributed by atoms with van der Waals surface area (Å²) in [5.74, 6) is 1.22. The number of thiazole rings is 1. The van der Waals surface area contributed by atoms with Gasteiger partial charge in [0.05, 0.1) is 19.0 Å². The number of nitrogens with zero attached hydrogens (tertiary/aromatic N) is 6. The molecule has 5 rings (SSSR count). The molecule has 1 aliphatic heterocycles. The Morgan fingerprint density at radius 1 is 1.08 bits per heavy atom. The molecule has 36 heavy (non-hydrogen) atoms. The van der Waals surface area contributed by atoms with E-state index in [2.05, 4.69) is 30.4 Å². The van der Waals surface area contributed by atoms with E-state index in [0.29, 0.717) is 18.0 Å². The number of amides is 1. The molecule has 1 saturated heterocycles. The number of ether oxygens (including phenoxy) is 1. The monoisotopic (exact) mass is 521 g/mol. The third kappa shape index (κ3) is 6.16. The molecular formula is C25H27N7O2S2. The van der Waals surface area contributed by atoms with Crippen LogP contribution in [0.15, 0.2) is 65.4 Å². The van der Waals surface area contributed by atoms with E-state index >= 15 is 0 Å². The van der Waals surface area contributed by atoms with Crippen molar-refractivity contribution in [2.45, 2.75) is 17.3 Å². The maximum Gasteiger partial charge on any atom is 0.270 e. The van der Waals surface area contributed by atoms with Crippen LogP contribution in [0.4, 0.5) is 0 Å². The number of morpholine rings is 1. The first-order valence-corrected chi connectivity index (χ1v) is 13.7. The Bertz CT molecular complexity index is 1260. The normalized spacial score (nSPS) is 14.1. The van der Waals surface area contributed by atoms with Gasteiger partial charge in [0.1, 0.15) is 10.7 Å². The Kier molecular flexibility index (Phi) is 8.34. The summed E-state index contributed by atoms with van der Waals surface area (Å²) < 4.78 is 7.41. The smallest absolute Gasteiger partial charge is 0.270 e. The first kappa shape index (κ1) is 24.6. The van der Waals surface area contributed by atoms with Crippen LogP contribution in [0, 0.1) is 0 Å². The molecule has 1 N–H and O–H groups in total. The molecule has 1 amide bonds. The number of nitrogens with one attached hydrogen (secondary N) is 1. The topological polar surface area (TPSA) is 98.1 Å². The van der Waals surface area contributed by atoms with E-state index in [-0.39, 0.29) is 5.91 Å². The van der Waals surface area contributed by atoms with Gasteiger partial charge in [0, 0.05) is 48.7 Å². The van der Waals surface area contributed by atoms with Crippen molar-refractivity contribution in [3.05, 3.63) is 70.9 Å². The van der Waals surface area contributed by atoms with E-state index < -0.39 is 0 Å². The molecule has 3 aromatic heterocycles. The SMILES string of the molecule is O=C(NCCCN1CCOCC1)c1csc(CSc2nnc(-c3ccncc3)n2-c2ccccc2)n1. The number of hydrogen-bond donors (Lipinski definition) is 1. The average Bonchev–Trinajstić information content (AvgIpc) is 3.59. The van der Waals surface area contributed by atoms with Crippen molar-refractivity contribution < 1.29 is 9.53 Å². The van der Waals surface area contributed by atoms with E-state index in [1.54, 1.807) is 24.2 Å². The standard InChI is InChI=1S/C25H27N7O2S2/c33-24(27-9-4-12-31-13-15-34-16-14-31)21-17-35-22(28-21)18-36-25-30-29-23(19-7-10-26-11-8-19)32(25)20-5-2-1-3-6-20/h1-3,5-8,10-11,17H,4,9,12-16,18H2,(H,27,33). The molecule has 11 heteroatoms. The minimum Gasteiger partial charge on any atom is -0.379 e. The zero-order valence-electron chi connectivity index (χ0n) is 19.7. The highest BCUT2D eigenvalue weighted by Gasteiger charge is 2.18. The first-order valence-electron chi connectivity index (χ1n) is 11.8. The number of carbonyl (C=O) groups excluding carboxylic acids is 1. The van der Waals surface area contributed by atoms with Crippen LogP contribution in [-0.2, 0) is 10.5 Å². The summed E-state index contributed by atoms with van der Waals surface area (Å²) in [4.78, 5) is 23.6. The fraction of sp³-hybridized carbons (Fsp3) is 0.320. The molecule has 0 atom stereocenters. The van der Waals surface area contributed by atoms with E-state index in [9.17, 15) is 4.79 Å². The summed E-state index contributed by atoms with van der Waals surface area (Å²) in [6.07, 6.45) is 4.40. The molecule has 186 valence electrons. The zero-order valence-corrected chi connectivity index (χ0v) is 21.4. The van der Waals surface area contributed by atoms with Crippen molar-refractivity contribution in [2.75, 3.05) is 39.4 Å². The van der Waals surface area contributed by atoms with Crippen LogP contribution in [0.2, 0.25) is 0 Å². The molecule has 1 aliphatic rings. The first-order chi connectivity index (χ1) is 17.8. The van der Waals surface area contributed by atoms with Crippen molar-refractivity contribution in [1.29, 1.82) is 0 Å². The largest absolute Gasteiger partial charge is 0.379 e. The number of carbonyl (C=O) groups is 1. The van der Waals surface area contributed by atoms with Crippen molar-refractivity contribution in [1.82, 2.24) is 34.9 Å². The molecule has 0 radical (unpaired) electrons. The number of rotatable bonds is 10. The summed E-state index contributed by atoms with van der Waals surface area (Å²) in [6, 6.07) is 13.9. The molecule has 9 nitrogen and oxygen atoms in total. The molecule has 1 aromatic carbocycles. The fourth-order valence-electron chi connectivity index (χ4n) is 3.89. The average molecular weight is 522 g/mol. The van der Waals surface area contributed by atoms with Gasteiger partial charge in [0.2, 0.25) is 0 Å². The second-order valence-electron chi connectivity index (χ2n) is 8.19. The fourth-order valence-corrected chi connectivity index (χ4v) is 5.63. The lowest BCUT2D eigenvalue weighted by Gasteiger charge is -2.26. The van der Waals surface area contributed by atoms with Crippen molar-refractivity contribution >= 4 is 29.0 Å². The van der Waals surface area contributed by atoms with Crippen molar-refractivity contribution in [3.63, 3.8) is 0 Å². The van der Waals surface area contributed by atoms with Gasteiger partial charge < -0.3 is 10.1 Å². The quantitative estimate of drug-likeness (QED) is 0.250. The second-order valence-corrected chi connectivity index (χ2v) is 10.1. The number of hydrogen-bond acceptors (Lipinski definition) is 9. The van der Waals surface area contributed by atoms with E-state index in [0.717, 1.165) is 66.5 Å². The maximum absolute atomic E-state index is 12.5. The second kappa shape index (κ2) is 12.2. The van der Waals surface area contributed by atoms with Crippen LogP contribution in [-0.4, -0.2) is 74.9 Å². The van der Waals surface area contributed by atoms with Gasteiger partial charge in [-0.15, -0.1) is 21.5 Å². The zero-order chi connectivity index (χ0) is 24.6. The Morgan fingerprint density at radius 2 is 1.89 bits per heavy atom. The predicted molar refractivity (Wildman–Crippen MR) is 140 cm³/mol. The van der Waals surface area contributed by atoms with Crippen LogP contribution in [0.5, 0.6) is 0 Å². The lowest BCUT2D eigenvalue weighted by atomic mass is 10.2. The van der Waals surface area contributed by atoms with Gasteiger partial charge in [0.25, 0.3) is 5.91 Å². The molecule has 1 fully saturated rings. The molecule has 0 aliphatic carbocycles. The molecular weight excluding hydrogens is 494 g/mol. The molecule has 0 bridgehead atoms. The molecule has 0 saturated carbocycles. The third-order valence-corrected chi connectivity index (χ3v) is 7.71. The van der Waals surface area contributed by atoms with Crippen LogP contribution in [0.1, 0.15) is 21.9 Å². The van der Waals surface area contributed by atoms with Gasteiger partial charge in [-0.05, 0) is 37.2 Å². The van der Waals surface area contributed by atoms with Crippen LogP contribution >= 0.6 is 23.1 Å². The summed E-state index contributed by atoms with van der Waals surface area (Å²) >= 11 is 3.03. The Labute approximate surface area is 217 Å². The highest BCUT2D eigenvalue weighted by atomic mass is 32.2. The molecule has 0 spiro atoms. The summed E-state index contributed by atoms with van der Waals surface area (Å²) in [6.45, 7) is 5.10. The van der Waals surface area contributed by atoms with Gasteiger partial charge in [-0.1, -0.05) is 30.0 Å². The van der Waals surface area contributed by atoms with Crippen LogP contribution in [0.3, 0.4) is 0 Å². The highest BCUT2D eigenvalue weighted by molar-refractivity contribution is 7.98. The molecule has 4 aromatic rings. The number of benzene rings is 1. The highest BCUT2D eigenvalue weighted by Crippen LogP contribution is 2.30. The van der Waals surface area contributed by atoms with Gasteiger partial charge in [0.15, 0.2) is 11.0 Å². The minimum absolute atomic E-state index is 0.128. The Balaban J connectivity index is 1.20. The summed E-state index contributed by atoms with van der Waals surface area (Å²) in [5.41, 5.74) is 2.38. The van der Waals surface area contributed by atoms with Crippen molar-refractivity contribution in [2.24, 2.45) is 0 Å². The number of thioether (sulfide) groups is 1. The summed E-state index contributed by atoms with van der Waals surface area (Å²) in [5, 5.41) is 15.3. The predicted octanol–water partition coefficient (Wildman–Crippen LogP) is 3.53. The number of para-hydroxylation sites is 1. The van der Waals surface area contributed by atoms with Gasteiger partial charge >= 0.3 is 0 Å². The van der Waals surface area contributed by atoms with E-state index in [1.807, 2.05) is 52.4 Å². The van der Waals surface area contributed by atoms with E-state index in [4.69, 9.17) is 4.74 Å². The number of pyridine rings is 1. The third-order valence-electron chi connectivity index (χ3n) is 5.74. The van der Waals surface area contributed by atoms with Gasteiger partial charge in [-0.25, -0.2) is 4.98 Å². The lowest BCUT2D eigenvalue weighted by molar-refractivity contribution is 0.0374. The van der Waals surface area contributed by atoms with Crippen LogP contribution < -0.4 is 5.32 Å². The maximum atomic E-state index is 12.5. The number of aromatic nitrogens is 5. The van der Waals surface area contributed by atoms with Gasteiger partial charge in [-0.3, -0.25) is 19.2 Å². The minimum atomic E-state index is -0.128.